The van der Waals surface area contributed by atoms with Crippen molar-refractivity contribution in [1.29, 1.82) is 0 Å². The number of rotatable bonds is 4. The van der Waals surface area contributed by atoms with Crippen molar-refractivity contribution in [1.82, 2.24) is 0 Å². The Bertz CT molecular complexity index is 763. The third-order valence-electron chi connectivity index (χ3n) is 2.96. The summed E-state index contributed by atoms with van der Waals surface area (Å²) in [4.78, 5) is 0.185. The smallest absolute Gasteiger partial charge is 0.265 e. The maximum absolute atomic E-state index is 12.8. The summed E-state index contributed by atoms with van der Waals surface area (Å²) in [6.45, 7) is 0. The van der Waals surface area contributed by atoms with E-state index in [4.69, 9.17) is 4.74 Å². The molecule has 0 spiro atoms. The van der Waals surface area contributed by atoms with E-state index < -0.39 is 10.0 Å². The first kappa shape index (κ1) is 16.3. The minimum atomic E-state index is -3.70. The molecule has 0 unspecified atom stereocenters. The summed E-state index contributed by atoms with van der Waals surface area (Å²) in [7, 11) is -0.693. The van der Waals surface area contributed by atoms with Crippen molar-refractivity contribution in [3.63, 3.8) is 0 Å². The Labute approximate surface area is 141 Å². The van der Waals surface area contributed by atoms with Crippen LogP contribution < -0.4 is 9.04 Å². The van der Waals surface area contributed by atoms with E-state index in [1.807, 2.05) is 0 Å². The van der Waals surface area contributed by atoms with E-state index in [0.29, 0.717) is 20.4 Å². The predicted molar refractivity (Wildman–Crippen MR) is 90.4 cm³/mol. The van der Waals surface area contributed by atoms with Crippen LogP contribution in [-0.4, -0.2) is 22.6 Å². The van der Waals surface area contributed by atoms with Gasteiger partial charge in [-0.2, -0.15) is 0 Å². The van der Waals surface area contributed by atoms with Crippen LogP contribution in [0, 0.1) is 0 Å². The highest BCUT2D eigenvalue weighted by Crippen LogP contribution is 2.34. The molecule has 0 aliphatic carbocycles. The number of sulfonamides is 1. The highest BCUT2D eigenvalue weighted by molar-refractivity contribution is 9.11. The first-order valence-electron chi connectivity index (χ1n) is 5.95. The van der Waals surface area contributed by atoms with E-state index in [9.17, 15) is 8.42 Å². The lowest BCUT2D eigenvalue weighted by molar-refractivity contribution is 0.416. The largest absolute Gasteiger partial charge is 0.495 e. The monoisotopic (exact) mass is 433 g/mol. The maximum atomic E-state index is 12.8. The average molecular weight is 435 g/mol. The van der Waals surface area contributed by atoms with E-state index in [1.54, 1.807) is 42.5 Å². The fraction of sp³-hybridized carbons (Fsp3) is 0.143. The fourth-order valence-electron chi connectivity index (χ4n) is 1.84. The van der Waals surface area contributed by atoms with Gasteiger partial charge >= 0.3 is 0 Å². The van der Waals surface area contributed by atoms with Crippen LogP contribution in [0.3, 0.4) is 0 Å². The Morgan fingerprint density at radius 1 is 1.10 bits per heavy atom. The van der Waals surface area contributed by atoms with Crippen molar-refractivity contribution < 1.29 is 13.2 Å². The summed E-state index contributed by atoms with van der Waals surface area (Å²) in [5, 5.41) is 0. The van der Waals surface area contributed by atoms with Crippen LogP contribution in [0.25, 0.3) is 0 Å². The van der Waals surface area contributed by atoms with Crippen LogP contribution >= 0.6 is 31.9 Å². The molecule has 2 rings (SSSR count). The van der Waals surface area contributed by atoms with Gasteiger partial charge in [-0.1, -0.05) is 28.1 Å². The molecular weight excluding hydrogens is 422 g/mol. The third-order valence-corrected chi connectivity index (χ3v) is 6.21. The summed E-state index contributed by atoms with van der Waals surface area (Å²) >= 11 is 6.58. The SMILES string of the molecule is COc1ccccc1N(C)S(=O)(=O)c1cc(Br)ccc1Br. The van der Waals surface area contributed by atoms with Crippen LogP contribution in [0.5, 0.6) is 5.75 Å². The van der Waals surface area contributed by atoms with E-state index in [1.165, 1.54) is 18.5 Å². The van der Waals surface area contributed by atoms with Crippen molar-refractivity contribution in [2.75, 3.05) is 18.5 Å². The normalized spacial score (nSPS) is 11.2. The molecule has 0 bridgehead atoms. The van der Waals surface area contributed by atoms with Crippen LogP contribution in [0.4, 0.5) is 5.69 Å². The summed E-state index contributed by atoms with van der Waals surface area (Å²) < 4.78 is 33.2. The zero-order chi connectivity index (χ0) is 15.6. The Morgan fingerprint density at radius 2 is 1.76 bits per heavy atom. The van der Waals surface area contributed by atoms with Gasteiger partial charge in [-0.25, -0.2) is 8.42 Å². The number of anilines is 1. The van der Waals surface area contributed by atoms with Gasteiger partial charge in [-0.15, -0.1) is 0 Å². The van der Waals surface area contributed by atoms with Crippen LogP contribution in [0.2, 0.25) is 0 Å². The number of hydrogen-bond acceptors (Lipinski definition) is 3. The van der Waals surface area contributed by atoms with Crippen LogP contribution in [0.1, 0.15) is 0 Å². The van der Waals surface area contributed by atoms with E-state index in [-0.39, 0.29) is 4.90 Å². The average Bonchev–Trinajstić information content (AvgIpc) is 2.48. The van der Waals surface area contributed by atoms with Gasteiger partial charge in [0.15, 0.2) is 0 Å². The highest BCUT2D eigenvalue weighted by Gasteiger charge is 2.26. The van der Waals surface area contributed by atoms with Crippen LogP contribution in [-0.2, 0) is 10.0 Å². The molecule has 0 fully saturated rings. The molecule has 4 nitrogen and oxygen atoms in total. The summed E-state index contributed by atoms with van der Waals surface area (Å²) in [5.41, 5.74) is 0.479. The van der Waals surface area contributed by atoms with Gasteiger partial charge in [-0.3, -0.25) is 4.31 Å². The van der Waals surface area contributed by atoms with Gasteiger partial charge in [0.1, 0.15) is 10.6 Å². The van der Waals surface area contributed by atoms with Gasteiger partial charge < -0.3 is 4.74 Å². The number of para-hydroxylation sites is 2. The number of halogens is 2. The lowest BCUT2D eigenvalue weighted by atomic mass is 10.3. The fourth-order valence-corrected chi connectivity index (χ4v) is 4.51. The first-order chi connectivity index (χ1) is 9.87. The molecule has 0 N–H and O–H groups in total. The number of nitrogens with zero attached hydrogens (tertiary/aromatic N) is 1. The van der Waals surface area contributed by atoms with Gasteiger partial charge in [0, 0.05) is 16.0 Å². The zero-order valence-corrected chi connectivity index (χ0v) is 15.4. The Hall–Kier alpha value is -1.05. The molecule has 0 heterocycles. The standard InChI is InChI=1S/C14H13Br2NO3S/c1-17(12-5-3-4-6-13(12)20-2)21(18,19)14-9-10(15)7-8-11(14)16/h3-9H,1-2H3. The van der Waals surface area contributed by atoms with E-state index in [0.717, 1.165) is 0 Å². The van der Waals surface area contributed by atoms with E-state index >= 15 is 0 Å². The second-order valence-electron chi connectivity index (χ2n) is 4.22. The summed E-state index contributed by atoms with van der Waals surface area (Å²) in [6, 6.07) is 12.0. The Kier molecular flexibility index (Phi) is 4.95. The molecule has 2 aromatic carbocycles. The predicted octanol–water partition coefficient (Wildman–Crippen LogP) is 4.05. The molecule has 2 aromatic rings. The lowest BCUT2D eigenvalue weighted by Crippen LogP contribution is -2.27. The van der Waals surface area contributed by atoms with E-state index in [2.05, 4.69) is 31.9 Å². The molecule has 0 amide bonds. The molecule has 0 saturated heterocycles. The molecular formula is C14H13Br2NO3S. The van der Waals surface area contributed by atoms with Crippen molar-refractivity contribution in [2.45, 2.75) is 4.90 Å². The van der Waals surface area contributed by atoms with Crippen LogP contribution in [0.15, 0.2) is 56.3 Å². The quantitative estimate of drug-likeness (QED) is 0.729. The van der Waals surface area contributed by atoms with Crippen molar-refractivity contribution in [3.8, 4) is 5.75 Å². The number of ether oxygens (including phenoxy) is 1. The minimum absolute atomic E-state index is 0.185. The van der Waals surface area contributed by atoms with Crippen molar-refractivity contribution in [3.05, 3.63) is 51.4 Å². The molecule has 112 valence electrons. The summed E-state index contributed by atoms with van der Waals surface area (Å²) in [6.07, 6.45) is 0. The third kappa shape index (κ3) is 3.25. The molecule has 21 heavy (non-hydrogen) atoms. The number of hydrogen-bond donors (Lipinski definition) is 0. The van der Waals surface area contributed by atoms with Gasteiger partial charge in [-0.05, 0) is 46.3 Å². The Balaban J connectivity index is 2.55. The summed E-state index contributed by atoms with van der Waals surface area (Å²) in [5.74, 6) is 0.495. The molecule has 0 atom stereocenters. The van der Waals surface area contributed by atoms with Crippen molar-refractivity contribution >= 4 is 47.6 Å². The molecule has 7 heteroatoms. The van der Waals surface area contributed by atoms with Gasteiger partial charge in [0.25, 0.3) is 10.0 Å². The Morgan fingerprint density at radius 3 is 2.43 bits per heavy atom. The lowest BCUT2D eigenvalue weighted by Gasteiger charge is -2.22. The van der Waals surface area contributed by atoms with Gasteiger partial charge in [0.05, 0.1) is 12.8 Å². The molecule has 0 aliphatic heterocycles. The maximum Gasteiger partial charge on any atom is 0.265 e. The molecule has 0 radical (unpaired) electrons. The topological polar surface area (TPSA) is 46.6 Å². The van der Waals surface area contributed by atoms with Gasteiger partial charge in [0.2, 0.25) is 0 Å². The zero-order valence-electron chi connectivity index (χ0n) is 11.4. The second-order valence-corrected chi connectivity index (χ2v) is 7.93. The first-order valence-corrected chi connectivity index (χ1v) is 8.97. The second kappa shape index (κ2) is 6.37. The molecule has 0 aromatic heterocycles. The molecule has 0 saturated carbocycles. The number of methoxy groups -OCH3 is 1. The number of benzene rings is 2. The van der Waals surface area contributed by atoms with Crippen molar-refractivity contribution in [2.24, 2.45) is 0 Å². The molecule has 0 aliphatic rings. The highest BCUT2D eigenvalue weighted by atomic mass is 79.9. The minimum Gasteiger partial charge on any atom is -0.495 e.